The number of carbonyl (C=O) groups excluding carboxylic acids is 1. The van der Waals surface area contributed by atoms with Crippen molar-refractivity contribution in [2.24, 2.45) is 0 Å². The average molecular weight is 293 g/mol. The molecule has 1 aromatic carbocycles. The highest BCUT2D eigenvalue weighted by molar-refractivity contribution is 6.34. The molecule has 0 saturated carbocycles. The smallest absolute Gasteiger partial charge is 0.252 e. The van der Waals surface area contributed by atoms with E-state index in [2.05, 4.69) is 10.3 Å². The van der Waals surface area contributed by atoms with Gasteiger partial charge in [-0.2, -0.15) is 0 Å². The maximum atomic E-state index is 11.9. The zero-order valence-corrected chi connectivity index (χ0v) is 11.8. The Morgan fingerprint density at radius 3 is 2.95 bits per heavy atom. The molecule has 5 nitrogen and oxygen atoms in total. The molecule has 0 bridgehead atoms. The van der Waals surface area contributed by atoms with E-state index in [-0.39, 0.29) is 5.91 Å². The van der Waals surface area contributed by atoms with E-state index >= 15 is 0 Å². The summed E-state index contributed by atoms with van der Waals surface area (Å²) in [7, 11) is 0. The third-order valence-electron chi connectivity index (χ3n) is 2.93. The number of nitrogens with two attached hydrogens (primary N) is 1. The molecule has 0 spiro atoms. The number of imidazole rings is 1. The Hall–Kier alpha value is -2.01. The fourth-order valence-corrected chi connectivity index (χ4v) is 2.13. The second kappa shape index (κ2) is 6.96. The summed E-state index contributed by atoms with van der Waals surface area (Å²) in [6.07, 6.45) is 7.34. The van der Waals surface area contributed by atoms with Crippen LogP contribution in [0.25, 0.3) is 0 Å². The topological polar surface area (TPSA) is 72.9 Å². The predicted molar refractivity (Wildman–Crippen MR) is 79.7 cm³/mol. The van der Waals surface area contributed by atoms with Gasteiger partial charge in [0.05, 0.1) is 16.9 Å². The molecule has 0 aliphatic rings. The zero-order chi connectivity index (χ0) is 14.4. The zero-order valence-electron chi connectivity index (χ0n) is 11.1. The number of hydrogen-bond donors (Lipinski definition) is 2. The lowest BCUT2D eigenvalue weighted by atomic mass is 10.2. The number of aryl methyl sites for hydroxylation is 1. The van der Waals surface area contributed by atoms with Crippen molar-refractivity contribution >= 4 is 23.2 Å². The monoisotopic (exact) mass is 292 g/mol. The molecule has 0 aliphatic carbocycles. The van der Waals surface area contributed by atoms with E-state index in [0.717, 1.165) is 19.4 Å². The van der Waals surface area contributed by atoms with Gasteiger partial charge in [0.1, 0.15) is 0 Å². The first kappa shape index (κ1) is 14.4. The normalized spacial score (nSPS) is 10.4. The van der Waals surface area contributed by atoms with Gasteiger partial charge in [-0.25, -0.2) is 4.98 Å². The number of aromatic nitrogens is 2. The first-order chi connectivity index (χ1) is 9.66. The van der Waals surface area contributed by atoms with Crippen molar-refractivity contribution in [3.05, 3.63) is 47.5 Å². The number of amides is 1. The lowest BCUT2D eigenvalue weighted by Crippen LogP contribution is -2.25. The van der Waals surface area contributed by atoms with Gasteiger partial charge in [0, 0.05) is 31.2 Å². The number of anilines is 1. The van der Waals surface area contributed by atoms with Crippen molar-refractivity contribution in [2.45, 2.75) is 19.4 Å². The van der Waals surface area contributed by atoms with E-state index in [4.69, 9.17) is 17.3 Å². The van der Waals surface area contributed by atoms with Gasteiger partial charge in [-0.3, -0.25) is 4.79 Å². The first-order valence-electron chi connectivity index (χ1n) is 6.46. The van der Waals surface area contributed by atoms with Crippen LogP contribution in [0.5, 0.6) is 0 Å². The molecule has 6 heteroatoms. The maximum absolute atomic E-state index is 11.9. The largest absolute Gasteiger partial charge is 0.399 e. The van der Waals surface area contributed by atoms with E-state index in [1.165, 1.54) is 0 Å². The highest BCUT2D eigenvalue weighted by Crippen LogP contribution is 2.18. The number of nitrogens with one attached hydrogen (secondary N) is 1. The molecule has 1 amide bonds. The molecule has 2 aromatic rings. The van der Waals surface area contributed by atoms with E-state index in [9.17, 15) is 4.79 Å². The Bertz CT molecular complexity index is 569. The quantitative estimate of drug-likeness (QED) is 0.634. The van der Waals surface area contributed by atoms with Crippen molar-refractivity contribution in [1.82, 2.24) is 14.9 Å². The summed E-state index contributed by atoms with van der Waals surface area (Å²) < 4.78 is 2.01. The minimum atomic E-state index is -0.169. The lowest BCUT2D eigenvalue weighted by molar-refractivity contribution is 0.0953. The summed E-state index contributed by atoms with van der Waals surface area (Å²) >= 11 is 5.98. The summed E-state index contributed by atoms with van der Waals surface area (Å²) in [4.78, 5) is 15.9. The molecular weight excluding hydrogens is 276 g/mol. The van der Waals surface area contributed by atoms with Crippen LogP contribution >= 0.6 is 11.6 Å². The number of nitrogen functional groups attached to an aromatic ring is 1. The predicted octanol–water partition coefficient (Wildman–Crippen LogP) is 2.33. The second-order valence-electron chi connectivity index (χ2n) is 4.50. The average Bonchev–Trinajstić information content (AvgIpc) is 2.91. The Balaban J connectivity index is 1.72. The third-order valence-corrected chi connectivity index (χ3v) is 3.24. The highest BCUT2D eigenvalue weighted by atomic mass is 35.5. The summed E-state index contributed by atoms with van der Waals surface area (Å²) in [5, 5.41) is 3.23. The number of nitrogens with zero attached hydrogens (tertiary/aromatic N) is 2. The molecule has 0 atom stereocenters. The molecule has 3 N–H and O–H groups in total. The van der Waals surface area contributed by atoms with Gasteiger partial charge in [-0.05, 0) is 31.0 Å². The fourth-order valence-electron chi connectivity index (χ4n) is 1.85. The maximum Gasteiger partial charge on any atom is 0.252 e. The van der Waals surface area contributed by atoms with Crippen LogP contribution in [0.15, 0.2) is 36.9 Å². The number of halogens is 1. The van der Waals surface area contributed by atoms with E-state index in [1.807, 2.05) is 10.8 Å². The molecule has 1 aromatic heterocycles. The molecule has 106 valence electrons. The van der Waals surface area contributed by atoms with Crippen molar-refractivity contribution in [2.75, 3.05) is 12.3 Å². The van der Waals surface area contributed by atoms with E-state index < -0.39 is 0 Å². The molecule has 0 saturated heterocycles. The number of unbranched alkanes of at least 4 members (excludes halogenated alkanes) is 1. The Labute approximate surface area is 122 Å². The first-order valence-corrected chi connectivity index (χ1v) is 6.83. The van der Waals surface area contributed by atoms with Crippen LogP contribution in [-0.4, -0.2) is 22.0 Å². The lowest BCUT2D eigenvalue weighted by Gasteiger charge is -2.07. The van der Waals surface area contributed by atoms with Crippen LogP contribution in [0, 0.1) is 0 Å². The van der Waals surface area contributed by atoms with Crippen molar-refractivity contribution in [3.8, 4) is 0 Å². The third kappa shape index (κ3) is 3.99. The second-order valence-corrected chi connectivity index (χ2v) is 4.91. The molecule has 0 unspecified atom stereocenters. The van der Waals surface area contributed by atoms with Crippen LogP contribution in [-0.2, 0) is 6.54 Å². The van der Waals surface area contributed by atoms with E-state index in [1.54, 1.807) is 30.7 Å². The number of benzene rings is 1. The Kier molecular flexibility index (Phi) is 5.01. The number of carbonyl (C=O) groups is 1. The van der Waals surface area contributed by atoms with Crippen LogP contribution in [0.3, 0.4) is 0 Å². The van der Waals surface area contributed by atoms with Gasteiger partial charge < -0.3 is 15.6 Å². The van der Waals surface area contributed by atoms with Gasteiger partial charge in [-0.1, -0.05) is 11.6 Å². The van der Waals surface area contributed by atoms with Crippen LogP contribution < -0.4 is 11.1 Å². The minimum absolute atomic E-state index is 0.169. The molecule has 0 aliphatic heterocycles. The Morgan fingerprint density at radius 1 is 1.40 bits per heavy atom. The summed E-state index contributed by atoms with van der Waals surface area (Å²) in [5.41, 5.74) is 6.59. The molecular formula is C14H17ClN4O. The Morgan fingerprint density at radius 2 is 2.25 bits per heavy atom. The summed E-state index contributed by atoms with van der Waals surface area (Å²) in [5.74, 6) is -0.169. The van der Waals surface area contributed by atoms with Crippen molar-refractivity contribution in [3.63, 3.8) is 0 Å². The van der Waals surface area contributed by atoms with Gasteiger partial charge in [0.15, 0.2) is 0 Å². The highest BCUT2D eigenvalue weighted by Gasteiger charge is 2.09. The van der Waals surface area contributed by atoms with Gasteiger partial charge in [0.2, 0.25) is 0 Å². The standard InChI is InChI=1S/C14H17ClN4O/c15-13-9-11(16)3-4-12(13)14(20)18-5-1-2-7-19-8-6-17-10-19/h3-4,6,8-10H,1-2,5,7,16H2,(H,18,20). The fraction of sp³-hybridized carbons (Fsp3) is 0.286. The van der Waals surface area contributed by atoms with Crippen LogP contribution in [0.4, 0.5) is 5.69 Å². The molecule has 2 rings (SSSR count). The van der Waals surface area contributed by atoms with Crippen LogP contribution in [0.2, 0.25) is 5.02 Å². The summed E-state index contributed by atoms with van der Waals surface area (Å²) in [6.45, 7) is 1.52. The molecule has 20 heavy (non-hydrogen) atoms. The van der Waals surface area contributed by atoms with Gasteiger partial charge >= 0.3 is 0 Å². The number of hydrogen-bond acceptors (Lipinski definition) is 3. The summed E-state index contributed by atoms with van der Waals surface area (Å²) in [6, 6.07) is 4.88. The minimum Gasteiger partial charge on any atom is -0.399 e. The van der Waals surface area contributed by atoms with Crippen molar-refractivity contribution in [1.29, 1.82) is 0 Å². The van der Waals surface area contributed by atoms with E-state index in [0.29, 0.717) is 22.8 Å². The van der Waals surface area contributed by atoms with Crippen molar-refractivity contribution < 1.29 is 4.79 Å². The van der Waals surface area contributed by atoms with Gasteiger partial charge in [0.25, 0.3) is 5.91 Å². The van der Waals surface area contributed by atoms with Gasteiger partial charge in [-0.15, -0.1) is 0 Å². The van der Waals surface area contributed by atoms with Crippen LogP contribution in [0.1, 0.15) is 23.2 Å². The molecule has 0 fully saturated rings. The number of rotatable bonds is 6. The SMILES string of the molecule is Nc1ccc(C(=O)NCCCCn2ccnc2)c(Cl)c1. The molecule has 1 heterocycles. The molecule has 0 radical (unpaired) electrons.